The number of nitrogens with zero attached hydrogens (tertiary/aromatic N) is 3. The maximum absolute atomic E-state index is 12.6. The first kappa shape index (κ1) is 21.2. The molecule has 0 bridgehead atoms. The van der Waals surface area contributed by atoms with Crippen LogP contribution in [0.15, 0.2) is 58.1 Å². The number of nitrogens with one attached hydrogen (secondary N) is 1. The Morgan fingerprint density at radius 2 is 1.81 bits per heavy atom. The highest BCUT2D eigenvalue weighted by Crippen LogP contribution is 2.15. The summed E-state index contributed by atoms with van der Waals surface area (Å²) in [5.74, 6) is -0.0898. The highest BCUT2D eigenvalue weighted by molar-refractivity contribution is 9.10. The average molecular weight is 483 g/mol. The van der Waals surface area contributed by atoms with Crippen molar-refractivity contribution in [1.29, 1.82) is 0 Å². The summed E-state index contributed by atoms with van der Waals surface area (Å²) >= 11 is 3.36. The number of halogens is 1. The average Bonchev–Trinajstić information content (AvgIpc) is 3.32. The fraction of sp³-hybridized carbons (Fsp3) is 0.304. The van der Waals surface area contributed by atoms with Crippen LogP contribution in [0.25, 0.3) is 10.9 Å². The number of aryl methyl sites for hydroxylation is 1. The standard InChI is InChI=1S/C23H23BrN4O3/c24-18-7-8-20-19(13-18)23(31)28(15-26-20)12-9-21(29)25-14-16-3-5-17(6-4-16)22(30)27-10-1-2-11-27/h3-8,13,15H,1-2,9-12,14H2,(H,25,29). The van der Waals surface area contributed by atoms with Crippen LogP contribution < -0.4 is 10.9 Å². The molecular formula is C23H23BrN4O3. The van der Waals surface area contributed by atoms with Gasteiger partial charge in [0.25, 0.3) is 11.5 Å². The lowest BCUT2D eigenvalue weighted by molar-refractivity contribution is -0.121. The van der Waals surface area contributed by atoms with Gasteiger partial charge in [-0.15, -0.1) is 0 Å². The van der Waals surface area contributed by atoms with Gasteiger partial charge in [0.2, 0.25) is 5.91 Å². The summed E-state index contributed by atoms with van der Waals surface area (Å²) in [5.41, 5.74) is 2.05. The van der Waals surface area contributed by atoms with Gasteiger partial charge in [-0.05, 0) is 48.7 Å². The SMILES string of the molecule is O=C(CCn1cnc2ccc(Br)cc2c1=O)NCc1ccc(C(=O)N2CCCC2)cc1. The lowest BCUT2D eigenvalue weighted by Crippen LogP contribution is -2.28. The molecule has 0 atom stereocenters. The molecule has 0 aliphatic carbocycles. The van der Waals surface area contributed by atoms with Gasteiger partial charge in [-0.3, -0.25) is 19.0 Å². The summed E-state index contributed by atoms with van der Waals surface area (Å²) in [4.78, 5) is 43.4. The first-order chi connectivity index (χ1) is 15.0. The molecule has 1 saturated heterocycles. The van der Waals surface area contributed by atoms with E-state index in [9.17, 15) is 14.4 Å². The molecule has 2 heterocycles. The summed E-state index contributed by atoms with van der Waals surface area (Å²) in [7, 11) is 0. The molecule has 8 heteroatoms. The Kier molecular flexibility index (Phi) is 6.46. The molecule has 2 aromatic carbocycles. The van der Waals surface area contributed by atoms with Crippen LogP contribution in [0.2, 0.25) is 0 Å². The Balaban J connectivity index is 1.30. The number of hydrogen-bond acceptors (Lipinski definition) is 4. The van der Waals surface area contributed by atoms with Crippen LogP contribution in [0, 0.1) is 0 Å². The zero-order chi connectivity index (χ0) is 21.8. The summed E-state index contributed by atoms with van der Waals surface area (Å²) in [6.07, 6.45) is 3.78. The number of hydrogen-bond donors (Lipinski definition) is 1. The van der Waals surface area contributed by atoms with Gasteiger partial charge in [-0.25, -0.2) is 4.98 Å². The zero-order valence-electron chi connectivity index (χ0n) is 17.0. The number of amides is 2. The second kappa shape index (κ2) is 9.43. The van der Waals surface area contributed by atoms with Crippen molar-refractivity contribution in [2.75, 3.05) is 13.1 Å². The minimum absolute atomic E-state index is 0.0644. The Morgan fingerprint density at radius 3 is 2.55 bits per heavy atom. The van der Waals surface area contributed by atoms with Gasteiger partial charge < -0.3 is 10.2 Å². The Hall–Kier alpha value is -3.00. The lowest BCUT2D eigenvalue weighted by Gasteiger charge is -2.15. The highest BCUT2D eigenvalue weighted by atomic mass is 79.9. The van der Waals surface area contributed by atoms with E-state index in [4.69, 9.17) is 0 Å². The molecule has 0 radical (unpaired) electrons. The zero-order valence-corrected chi connectivity index (χ0v) is 18.6. The van der Waals surface area contributed by atoms with Crippen LogP contribution in [-0.2, 0) is 17.9 Å². The molecule has 3 aromatic rings. The van der Waals surface area contributed by atoms with E-state index >= 15 is 0 Å². The molecule has 160 valence electrons. The van der Waals surface area contributed by atoms with Gasteiger partial charge in [-0.1, -0.05) is 28.1 Å². The lowest BCUT2D eigenvalue weighted by atomic mass is 10.1. The van der Waals surface area contributed by atoms with E-state index < -0.39 is 0 Å². The van der Waals surface area contributed by atoms with Crippen molar-refractivity contribution in [3.05, 3.63) is 74.7 Å². The number of likely N-dealkylation sites (tertiary alicyclic amines) is 1. The van der Waals surface area contributed by atoms with Crippen LogP contribution in [0.4, 0.5) is 0 Å². The van der Waals surface area contributed by atoms with Gasteiger partial charge >= 0.3 is 0 Å². The second-order valence-corrected chi connectivity index (χ2v) is 8.54. The number of rotatable bonds is 6. The summed E-state index contributed by atoms with van der Waals surface area (Å²) < 4.78 is 2.26. The molecule has 0 saturated carbocycles. The van der Waals surface area contributed by atoms with E-state index in [1.54, 1.807) is 24.3 Å². The Morgan fingerprint density at radius 1 is 1.06 bits per heavy atom. The normalized spacial score (nSPS) is 13.5. The largest absolute Gasteiger partial charge is 0.352 e. The molecule has 1 aromatic heterocycles. The van der Waals surface area contributed by atoms with Crippen molar-refractivity contribution in [3.63, 3.8) is 0 Å². The maximum Gasteiger partial charge on any atom is 0.261 e. The van der Waals surface area contributed by atoms with E-state index in [2.05, 4.69) is 26.2 Å². The quantitative estimate of drug-likeness (QED) is 0.584. The van der Waals surface area contributed by atoms with Crippen LogP contribution in [0.5, 0.6) is 0 Å². The molecule has 1 N–H and O–H groups in total. The van der Waals surface area contributed by atoms with Gasteiger partial charge in [-0.2, -0.15) is 0 Å². The van der Waals surface area contributed by atoms with Gasteiger partial charge in [0.1, 0.15) is 0 Å². The molecule has 1 aliphatic rings. The van der Waals surface area contributed by atoms with E-state index in [-0.39, 0.29) is 30.3 Å². The van der Waals surface area contributed by atoms with Crippen LogP contribution in [0.3, 0.4) is 0 Å². The smallest absolute Gasteiger partial charge is 0.261 e. The maximum atomic E-state index is 12.6. The van der Waals surface area contributed by atoms with Gasteiger partial charge in [0.05, 0.1) is 17.2 Å². The van der Waals surface area contributed by atoms with Crippen molar-refractivity contribution >= 4 is 38.6 Å². The predicted octanol–water partition coefficient (Wildman–Crippen LogP) is 3.10. The first-order valence-electron chi connectivity index (χ1n) is 10.3. The topological polar surface area (TPSA) is 84.3 Å². The molecule has 4 rings (SSSR count). The van der Waals surface area contributed by atoms with Crippen LogP contribution in [0.1, 0.15) is 35.2 Å². The number of benzene rings is 2. The van der Waals surface area contributed by atoms with E-state index in [0.717, 1.165) is 36.0 Å². The van der Waals surface area contributed by atoms with E-state index in [1.807, 2.05) is 23.1 Å². The third kappa shape index (κ3) is 5.02. The molecule has 7 nitrogen and oxygen atoms in total. The summed E-state index contributed by atoms with van der Waals surface area (Å²) in [6.45, 7) is 2.27. The molecule has 0 unspecified atom stereocenters. The number of aromatic nitrogens is 2. The molecule has 0 spiro atoms. The Bertz CT molecular complexity index is 1170. The third-order valence-corrected chi connectivity index (χ3v) is 5.94. The van der Waals surface area contributed by atoms with Crippen molar-refractivity contribution in [2.45, 2.75) is 32.4 Å². The fourth-order valence-electron chi connectivity index (χ4n) is 3.67. The third-order valence-electron chi connectivity index (χ3n) is 5.45. The number of fused-ring (bicyclic) bond motifs is 1. The van der Waals surface area contributed by atoms with Crippen molar-refractivity contribution in [3.8, 4) is 0 Å². The molecule has 2 amide bonds. The Labute approximate surface area is 188 Å². The minimum atomic E-state index is -0.169. The number of carbonyl (C=O) groups is 2. The second-order valence-electron chi connectivity index (χ2n) is 7.63. The van der Waals surface area contributed by atoms with Gasteiger partial charge in [0, 0.05) is 42.6 Å². The van der Waals surface area contributed by atoms with E-state index in [1.165, 1.54) is 10.9 Å². The van der Waals surface area contributed by atoms with Gasteiger partial charge in [0.15, 0.2) is 0 Å². The molecule has 1 aliphatic heterocycles. The highest BCUT2D eigenvalue weighted by Gasteiger charge is 2.19. The summed E-state index contributed by atoms with van der Waals surface area (Å²) in [6, 6.07) is 12.7. The molecular weight excluding hydrogens is 460 g/mol. The van der Waals surface area contributed by atoms with E-state index in [0.29, 0.717) is 23.0 Å². The molecule has 31 heavy (non-hydrogen) atoms. The van der Waals surface area contributed by atoms with Crippen LogP contribution >= 0.6 is 15.9 Å². The van der Waals surface area contributed by atoms with Crippen molar-refractivity contribution in [1.82, 2.24) is 19.8 Å². The molecule has 1 fully saturated rings. The monoisotopic (exact) mass is 482 g/mol. The van der Waals surface area contributed by atoms with Crippen molar-refractivity contribution < 1.29 is 9.59 Å². The first-order valence-corrected chi connectivity index (χ1v) is 11.1. The fourth-order valence-corrected chi connectivity index (χ4v) is 4.03. The van der Waals surface area contributed by atoms with Crippen molar-refractivity contribution in [2.24, 2.45) is 0 Å². The predicted molar refractivity (Wildman–Crippen MR) is 122 cm³/mol. The van der Waals surface area contributed by atoms with Crippen LogP contribution in [-0.4, -0.2) is 39.4 Å². The number of carbonyl (C=O) groups excluding carboxylic acids is 2. The summed E-state index contributed by atoms with van der Waals surface area (Å²) in [5, 5.41) is 3.38. The minimum Gasteiger partial charge on any atom is -0.352 e.